The monoisotopic (exact) mass is 304 g/mol. The van der Waals surface area contributed by atoms with Crippen molar-refractivity contribution in [2.45, 2.75) is 25.7 Å². The molecule has 22 heavy (non-hydrogen) atoms. The van der Waals surface area contributed by atoms with Crippen molar-refractivity contribution < 1.29 is 14.0 Å². The lowest BCUT2D eigenvalue weighted by Crippen LogP contribution is -2.35. The molecule has 2 aliphatic rings. The molecule has 0 unspecified atom stereocenters. The van der Waals surface area contributed by atoms with Crippen molar-refractivity contribution in [2.75, 3.05) is 26.7 Å². The van der Waals surface area contributed by atoms with Gasteiger partial charge in [0.25, 0.3) is 5.91 Å². The SMILES string of the molecule is CN1CC[C@]2(CCCN(C(=O)c3cccc(F)c3)CC2)C1=O. The lowest BCUT2D eigenvalue weighted by atomic mass is 9.79. The molecule has 0 N–H and O–H groups in total. The van der Waals surface area contributed by atoms with Crippen LogP contribution < -0.4 is 0 Å². The number of carbonyl (C=O) groups excluding carboxylic acids is 2. The van der Waals surface area contributed by atoms with E-state index in [0.717, 1.165) is 25.8 Å². The Labute approximate surface area is 129 Å². The maximum Gasteiger partial charge on any atom is 0.253 e. The number of carbonyl (C=O) groups is 2. The molecular weight excluding hydrogens is 283 g/mol. The summed E-state index contributed by atoms with van der Waals surface area (Å²) in [6.07, 6.45) is 3.24. The van der Waals surface area contributed by atoms with Gasteiger partial charge in [0, 0.05) is 32.2 Å². The zero-order chi connectivity index (χ0) is 15.7. The van der Waals surface area contributed by atoms with E-state index in [-0.39, 0.29) is 17.2 Å². The van der Waals surface area contributed by atoms with Gasteiger partial charge in [-0.15, -0.1) is 0 Å². The Hall–Kier alpha value is -1.91. The van der Waals surface area contributed by atoms with Gasteiger partial charge in [-0.1, -0.05) is 6.07 Å². The van der Waals surface area contributed by atoms with E-state index in [1.54, 1.807) is 21.9 Å². The summed E-state index contributed by atoms with van der Waals surface area (Å²) in [6.45, 7) is 2.00. The highest BCUT2D eigenvalue weighted by Crippen LogP contribution is 2.41. The van der Waals surface area contributed by atoms with E-state index in [0.29, 0.717) is 25.1 Å². The number of halogens is 1. The van der Waals surface area contributed by atoms with Gasteiger partial charge >= 0.3 is 0 Å². The van der Waals surface area contributed by atoms with Gasteiger partial charge in [0.15, 0.2) is 0 Å². The van der Waals surface area contributed by atoms with Gasteiger partial charge in [0.1, 0.15) is 5.82 Å². The minimum absolute atomic E-state index is 0.143. The Bertz CT molecular complexity index is 604. The molecule has 0 aliphatic carbocycles. The summed E-state index contributed by atoms with van der Waals surface area (Å²) in [5.74, 6) is -0.326. The standard InChI is InChI=1S/C17H21FN2O2/c1-19-10-7-17(16(19)22)6-3-9-20(11-8-17)15(21)13-4-2-5-14(18)12-13/h2,4-5,12H,3,6-11H2,1H3/t17-/m0/s1. The maximum atomic E-state index is 13.3. The van der Waals surface area contributed by atoms with Crippen molar-refractivity contribution >= 4 is 11.8 Å². The number of hydrogen-bond acceptors (Lipinski definition) is 2. The quantitative estimate of drug-likeness (QED) is 0.799. The molecule has 2 amide bonds. The molecule has 1 aromatic rings. The summed E-state index contributed by atoms with van der Waals surface area (Å²) in [4.78, 5) is 28.5. The molecule has 1 atom stereocenters. The van der Waals surface area contributed by atoms with Crippen LogP contribution in [0.1, 0.15) is 36.0 Å². The summed E-state index contributed by atoms with van der Waals surface area (Å²) in [5, 5.41) is 0. The Kier molecular flexibility index (Phi) is 3.89. The summed E-state index contributed by atoms with van der Waals surface area (Å²) < 4.78 is 13.3. The molecule has 0 bridgehead atoms. The van der Waals surface area contributed by atoms with Crippen LogP contribution in [0, 0.1) is 11.2 Å². The van der Waals surface area contributed by atoms with Crippen LogP contribution in [0.25, 0.3) is 0 Å². The smallest absolute Gasteiger partial charge is 0.253 e. The van der Waals surface area contributed by atoms with Crippen LogP contribution in [-0.2, 0) is 4.79 Å². The lowest BCUT2D eigenvalue weighted by Gasteiger charge is -2.25. The number of amides is 2. The van der Waals surface area contributed by atoms with Crippen LogP contribution in [0.3, 0.4) is 0 Å². The average molecular weight is 304 g/mol. The van der Waals surface area contributed by atoms with Crippen LogP contribution >= 0.6 is 0 Å². The summed E-state index contributed by atoms with van der Waals surface area (Å²) in [5.41, 5.74) is 0.0944. The minimum atomic E-state index is -0.398. The molecule has 2 heterocycles. The second kappa shape index (κ2) is 5.71. The van der Waals surface area contributed by atoms with E-state index in [1.807, 2.05) is 7.05 Å². The topological polar surface area (TPSA) is 40.6 Å². The van der Waals surface area contributed by atoms with Crippen molar-refractivity contribution in [3.8, 4) is 0 Å². The van der Waals surface area contributed by atoms with Gasteiger partial charge in [0.05, 0.1) is 5.41 Å². The Morgan fingerprint density at radius 2 is 1.95 bits per heavy atom. The molecule has 2 fully saturated rings. The number of benzene rings is 1. The molecule has 3 rings (SSSR count). The first kappa shape index (κ1) is 15.0. The van der Waals surface area contributed by atoms with Gasteiger partial charge in [-0.2, -0.15) is 0 Å². The van der Waals surface area contributed by atoms with E-state index in [2.05, 4.69) is 0 Å². The Morgan fingerprint density at radius 1 is 1.18 bits per heavy atom. The van der Waals surface area contributed by atoms with Crippen molar-refractivity contribution in [1.29, 1.82) is 0 Å². The fourth-order valence-corrected chi connectivity index (χ4v) is 3.66. The minimum Gasteiger partial charge on any atom is -0.345 e. The fraction of sp³-hybridized carbons (Fsp3) is 0.529. The molecule has 1 spiro atoms. The third-order valence-electron chi connectivity index (χ3n) is 5.03. The predicted octanol–water partition coefficient (Wildman–Crippen LogP) is 2.30. The molecule has 1 aromatic carbocycles. The highest BCUT2D eigenvalue weighted by molar-refractivity contribution is 5.94. The molecule has 0 saturated carbocycles. The largest absolute Gasteiger partial charge is 0.345 e. The molecule has 0 aromatic heterocycles. The molecule has 4 nitrogen and oxygen atoms in total. The molecule has 2 aliphatic heterocycles. The summed E-state index contributed by atoms with van der Waals surface area (Å²) in [7, 11) is 1.84. The van der Waals surface area contributed by atoms with Crippen molar-refractivity contribution in [1.82, 2.24) is 9.80 Å². The highest BCUT2D eigenvalue weighted by atomic mass is 19.1. The van der Waals surface area contributed by atoms with Crippen LogP contribution in [0.4, 0.5) is 4.39 Å². The normalized spacial score (nSPS) is 25.6. The number of rotatable bonds is 1. The average Bonchev–Trinajstić information content (AvgIpc) is 2.70. The van der Waals surface area contributed by atoms with E-state index < -0.39 is 5.82 Å². The van der Waals surface area contributed by atoms with E-state index in [1.165, 1.54) is 12.1 Å². The zero-order valence-electron chi connectivity index (χ0n) is 12.8. The second-order valence-electron chi connectivity index (χ2n) is 6.41. The first-order valence-corrected chi connectivity index (χ1v) is 7.82. The van der Waals surface area contributed by atoms with Crippen LogP contribution in [-0.4, -0.2) is 48.3 Å². The fourth-order valence-electron chi connectivity index (χ4n) is 3.66. The van der Waals surface area contributed by atoms with Gasteiger partial charge in [-0.3, -0.25) is 9.59 Å². The van der Waals surface area contributed by atoms with E-state index in [9.17, 15) is 14.0 Å². The molecular formula is C17H21FN2O2. The lowest BCUT2D eigenvalue weighted by molar-refractivity contribution is -0.135. The molecule has 2 saturated heterocycles. The van der Waals surface area contributed by atoms with Crippen LogP contribution in [0.2, 0.25) is 0 Å². The third-order valence-corrected chi connectivity index (χ3v) is 5.03. The van der Waals surface area contributed by atoms with E-state index in [4.69, 9.17) is 0 Å². The first-order chi connectivity index (χ1) is 10.5. The van der Waals surface area contributed by atoms with Gasteiger partial charge in [-0.05, 0) is 43.9 Å². The van der Waals surface area contributed by atoms with Gasteiger partial charge < -0.3 is 9.80 Å². The third kappa shape index (κ3) is 2.60. The van der Waals surface area contributed by atoms with Crippen LogP contribution in [0.15, 0.2) is 24.3 Å². The number of hydrogen-bond donors (Lipinski definition) is 0. The second-order valence-corrected chi connectivity index (χ2v) is 6.41. The molecule has 0 radical (unpaired) electrons. The van der Waals surface area contributed by atoms with Gasteiger partial charge in [-0.25, -0.2) is 4.39 Å². The Morgan fingerprint density at radius 3 is 2.64 bits per heavy atom. The number of likely N-dealkylation sites (tertiary alicyclic amines) is 2. The maximum absolute atomic E-state index is 13.3. The molecule has 5 heteroatoms. The van der Waals surface area contributed by atoms with Crippen molar-refractivity contribution in [2.24, 2.45) is 5.41 Å². The van der Waals surface area contributed by atoms with Crippen molar-refractivity contribution in [3.05, 3.63) is 35.6 Å². The zero-order valence-corrected chi connectivity index (χ0v) is 12.8. The number of nitrogens with zero attached hydrogens (tertiary/aromatic N) is 2. The summed E-state index contributed by atoms with van der Waals surface area (Å²) >= 11 is 0. The van der Waals surface area contributed by atoms with Crippen molar-refractivity contribution in [3.63, 3.8) is 0 Å². The summed E-state index contributed by atoms with van der Waals surface area (Å²) in [6, 6.07) is 5.80. The Balaban J connectivity index is 1.73. The van der Waals surface area contributed by atoms with Crippen LogP contribution in [0.5, 0.6) is 0 Å². The predicted molar refractivity (Wildman–Crippen MR) is 80.8 cm³/mol. The first-order valence-electron chi connectivity index (χ1n) is 7.82. The van der Waals surface area contributed by atoms with Gasteiger partial charge in [0.2, 0.25) is 5.91 Å². The highest BCUT2D eigenvalue weighted by Gasteiger charge is 2.45. The molecule has 118 valence electrons. The van der Waals surface area contributed by atoms with E-state index >= 15 is 0 Å².